The zero-order chi connectivity index (χ0) is 26.4. The van der Waals surface area contributed by atoms with Gasteiger partial charge in [0.1, 0.15) is 6.04 Å². The van der Waals surface area contributed by atoms with Crippen LogP contribution < -0.4 is 9.62 Å². The SMILES string of the molecule is CC(C(=O)NC(C)(C)C)N(Cc1cccc(Br)c1)C(=O)CCCN(c1ccc(Cl)cc1)S(C)(=O)=O. The van der Waals surface area contributed by atoms with Crippen molar-refractivity contribution in [3.05, 3.63) is 63.6 Å². The van der Waals surface area contributed by atoms with E-state index in [1.165, 1.54) is 9.21 Å². The third-order valence-corrected chi connectivity index (χ3v) is 7.11. The van der Waals surface area contributed by atoms with Gasteiger partial charge < -0.3 is 10.2 Å². The molecule has 0 aliphatic carbocycles. The monoisotopic (exact) mass is 585 g/mol. The van der Waals surface area contributed by atoms with E-state index in [0.29, 0.717) is 10.7 Å². The molecule has 0 radical (unpaired) electrons. The van der Waals surface area contributed by atoms with E-state index in [1.807, 2.05) is 45.0 Å². The first-order chi connectivity index (χ1) is 16.2. The topological polar surface area (TPSA) is 86.8 Å². The minimum absolute atomic E-state index is 0.0841. The van der Waals surface area contributed by atoms with E-state index < -0.39 is 21.6 Å². The number of benzene rings is 2. The summed E-state index contributed by atoms with van der Waals surface area (Å²) in [5, 5.41) is 3.43. The second-order valence-corrected chi connectivity index (χ2v) is 12.7. The van der Waals surface area contributed by atoms with Gasteiger partial charge in [0, 0.05) is 34.5 Å². The molecule has 0 saturated heterocycles. The van der Waals surface area contributed by atoms with Crippen molar-refractivity contribution >= 4 is 55.1 Å². The van der Waals surface area contributed by atoms with Crippen molar-refractivity contribution in [3.8, 4) is 0 Å². The van der Waals surface area contributed by atoms with Crippen molar-refractivity contribution in [2.75, 3.05) is 17.1 Å². The molecule has 2 aromatic rings. The number of nitrogens with zero attached hydrogens (tertiary/aromatic N) is 2. The van der Waals surface area contributed by atoms with Crippen molar-refractivity contribution in [2.45, 2.75) is 58.7 Å². The number of amides is 2. The van der Waals surface area contributed by atoms with Crippen LogP contribution in [0.25, 0.3) is 0 Å². The molecule has 35 heavy (non-hydrogen) atoms. The van der Waals surface area contributed by atoms with Crippen LogP contribution in [0.15, 0.2) is 53.0 Å². The molecular formula is C25H33BrClN3O4S. The summed E-state index contributed by atoms with van der Waals surface area (Å²) in [6.45, 7) is 7.73. The molecule has 192 valence electrons. The second-order valence-electron chi connectivity index (χ2n) is 9.48. The lowest BCUT2D eigenvalue weighted by Crippen LogP contribution is -2.52. The van der Waals surface area contributed by atoms with Crippen LogP contribution in [0.4, 0.5) is 5.69 Å². The largest absolute Gasteiger partial charge is 0.350 e. The third-order valence-electron chi connectivity index (χ3n) is 5.17. The zero-order valence-corrected chi connectivity index (χ0v) is 23.9. The van der Waals surface area contributed by atoms with Crippen molar-refractivity contribution in [1.82, 2.24) is 10.2 Å². The summed E-state index contributed by atoms with van der Waals surface area (Å²) in [7, 11) is -3.56. The molecular weight excluding hydrogens is 554 g/mol. The Kier molecular flexibility index (Phi) is 10.2. The van der Waals surface area contributed by atoms with E-state index in [2.05, 4.69) is 21.2 Å². The van der Waals surface area contributed by atoms with Gasteiger partial charge in [0.15, 0.2) is 0 Å². The fourth-order valence-electron chi connectivity index (χ4n) is 3.50. The van der Waals surface area contributed by atoms with E-state index in [1.54, 1.807) is 31.2 Å². The molecule has 2 aromatic carbocycles. The fraction of sp³-hybridized carbons (Fsp3) is 0.440. The van der Waals surface area contributed by atoms with Crippen LogP contribution in [0.2, 0.25) is 5.02 Å². The fourth-order valence-corrected chi connectivity index (χ4v) is 5.04. The van der Waals surface area contributed by atoms with E-state index in [0.717, 1.165) is 16.3 Å². The average Bonchev–Trinajstić information content (AvgIpc) is 2.73. The van der Waals surface area contributed by atoms with Crippen molar-refractivity contribution < 1.29 is 18.0 Å². The number of anilines is 1. The number of sulfonamides is 1. The van der Waals surface area contributed by atoms with Crippen LogP contribution in [0, 0.1) is 0 Å². The molecule has 1 unspecified atom stereocenters. The van der Waals surface area contributed by atoms with E-state index in [9.17, 15) is 18.0 Å². The van der Waals surface area contributed by atoms with E-state index in [-0.39, 0.29) is 37.7 Å². The maximum atomic E-state index is 13.3. The van der Waals surface area contributed by atoms with Gasteiger partial charge in [0.25, 0.3) is 0 Å². The van der Waals surface area contributed by atoms with Gasteiger partial charge in [-0.15, -0.1) is 0 Å². The number of nitrogens with one attached hydrogen (secondary N) is 1. The van der Waals surface area contributed by atoms with Gasteiger partial charge in [-0.2, -0.15) is 0 Å². The third kappa shape index (κ3) is 9.46. The van der Waals surface area contributed by atoms with Gasteiger partial charge in [-0.1, -0.05) is 39.7 Å². The van der Waals surface area contributed by atoms with Gasteiger partial charge in [-0.3, -0.25) is 13.9 Å². The van der Waals surface area contributed by atoms with Crippen LogP contribution in [0.5, 0.6) is 0 Å². The average molecular weight is 587 g/mol. The van der Waals surface area contributed by atoms with Gasteiger partial charge in [-0.05, 0) is 76.1 Å². The minimum Gasteiger partial charge on any atom is -0.350 e. The molecule has 0 bridgehead atoms. The summed E-state index contributed by atoms with van der Waals surface area (Å²) >= 11 is 9.37. The molecule has 0 spiro atoms. The first-order valence-electron chi connectivity index (χ1n) is 11.3. The highest BCUT2D eigenvalue weighted by molar-refractivity contribution is 9.10. The van der Waals surface area contributed by atoms with Crippen molar-refractivity contribution in [2.24, 2.45) is 0 Å². The molecule has 1 atom stereocenters. The zero-order valence-electron chi connectivity index (χ0n) is 20.7. The number of rotatable bonds is 10. The first-order valence-corrected chi connectivity index (χ1v) is 14.3. The van der Waals surface area contributed by atoms with Gasteiger partial charge in [0.2, 0.25) is 21.8 Å². The highest BCUT2D eigenvalue weighted by atomic mass is 79.9. The standard InChI is InChI=1S/C25H33BrClN3O4S/c1-18(24(32)28-25(2,3)4)29(17-19-8-6-9-20(26)16-19)23(31)10-7-15-30(35(5,33)34)22-13-11-21(27)12-14-22/h6,8-9,11-14,16,18H,7,10,15,17H2,1-5H3,(H,28,32). The van der Waals surface area contributed by atoms with Crippen LogP contribution in [-0.2, 0) is 26.2 Å². The Balaban J connectivity index is 2.18. The lowest BCUT2D eigenvalue weighted by Gasteiger charge is -2.32. The first kappa shape index (κ1) is 29.1. The Bertz CT molecular complexity index is 1130. The lowest BCUT2D eigenvalue weighted by atomic mass is 10.1. The Hall–Kier alpha value is -2.10. The second kappa shape index (κ2) is 12.2. The summed E-state index contributed by atoms with van der Waals surface area (Å²) in [6, 6.07) is 13.4. The molecule has 0 aliphatic rings. The van der Waals surface area contributed by atoms with Gasteiger partial charge >= 0.3 is 0 Å². The smallest absolute Gasteiger partial charge is 0.242 e. The summed E-state index contributed by atoms with van der Waals surface area (Å²) in [6.07, 6.45) is 1.50. The molecule has 7 nitrogen and oxygen atoms in total. The minimum atomic E-state index is -3.56. The number of hydrogen-bond donors (Lipinski definition) is 1. The van der Waals surface area contributed by atoms with Gasteiger partial charge in [0.05, 0.1) is 11.9 Å². The van der Waals surface area contributed by atoms with Crippen LogP contribution >= 0.6 is 27.5 Å². The van der Waals surface area contributed by atoms with Crippen molar-refractivity contribution in [3.63, 3.8) is 0 Å². The summed E-state index contributed by atoms with van der Waals surface area (Å²) < 4.78 is 26.9. The van der Waals surface area contributed by atoms with Gasteiger partial charge in [-0.25, -0.2) is 8.42 Å². The Morgan fingerprint density at radius 2 is 1.74 bits per heavy atom. The Morgan fingerprint density at radius 1 is 1.11 bits per heavy atom. The molecule has 0 heterocycles. The highest BCUT2D eigenvalue weighted by Crippen LogP contribution is 2.22. The normalized spacial score (nSPS) is 12.7. The maximum absolute atomic E-state index is 13.3. The predicted molar refractivity (Wildman–Crippen MR) is 145 cm³/mol. The van der Waals surface area contributed by atoms with Crippen LogP contribution in [-0.4, -0.2) is 49.5 Å². The number of carbonyl (C=O) groups is 2. The Morgan fingerprint density at radius 3 is 2.29 bits per heavy atom. The quantitative estimate of drug-likeness (QED) is 0.425. The molecule has 1 N–H and O–H groups in total. The number of hydrogen-bond acceptors (Lipinski definition) is 4. The molecule has 0 saturated carbocycles. The predicted octanol–water partition coefficient (Wildman–Crippen LogP) is 4.98. The number of halogens is 2. The summed E-state index contributed by atoms with van der Waals surface area (Å²) in [5.41, 5.74) is 0.917. The molecule has 0 aliphatic heterocycles. The maximum Gasteiger partial charge on any atom is 0.242 e. The van der Waals surface area contributed by atoms with Crippen molar-refractivity contribution in [1.29, 1.82) is 0 Å². The molecule has 0 aromatic heterocycles. The van der Waals surface area contributed by atoms with Crippen LogP contribution in [0.1, 0.15) is 46.1 Å². The summed E-state index contributed by atoms with van der Waals surface area (Å²) in [5.74, 6) is -0.481. The highest BCUT2D eigenvalue weighted by Gasteiger charge is 2.28. The lowest BCUT2D eigenvalue weighted by molar-refractivity contribution is -0.141. The molecule has 0 fully saturated rings. The van der Waals surface area contributed by atoms with E-state index >= 15 is 0 Å². The Labute approximate surface area is 222 Å². The molecule has 2 rings (SSSR count). The molecule has 10 heteroatoms. The molecule has 2 amide bonds. The summed E-state index contributed by atoms with van der Waals surface area (Å²) in [4.78, 5) is 27.7. The number of carbonyl (C=O) groups excluding carboxylic acids is 2. The van der Waals surface area contributed by atoms with E-state index in [4.69, 9.17) is 11.6 Å². The van der Waals surface area contributed by atoms with Crippen LogP contribution in [0.3, 0.4) is 0 Å².